The molecule has 2 aromatic carbocycles. The Bertz CT molecular complexity index is 1170. The van der Waals surface area contributed by atoms with E-state index in [1.165, 1.54) is 29.5 Å². The first-order valence-corrected chi connectivity index (χ1v) is 10.8. The summed E-state index contributed by atoms with van der Waals surface area (Å²) in [6, 6.07) is 15.9. The van der Waals surface area contributed by atoms with Crippen LogP contribution < -0.4 is 10.6 Å². The van der Waals surface area contributed by atoms with Crippen LogP contribution in [0.5, 0.6) is 0 Å². The first-order valence-electron chi connectivity index (χ1n) is 9.52. The molecule has 0 bridgehead atoms. The fourth-order valence-electron chi connectivity index (χ4n) is 3.07. The zero-order chi connectivity index (χ0) is 22.0. The number of rotatable bonds is 6. The lowest BCUT2D eigenvalue weighted by molar-refractivity contribution is -0.384. The number of anilines is 1. The minimum absolute atomic E-state index is 0.0598. The molecule has 2 heterocycles. The highest BCUT2D eigenvalue weighted by atomic mass is 35.5. The SMILES string of the molecule is CCc1ccc(N[C@@H]2NC(=O)/C(=C\c3ccc(-c4ccc(Cl)c([N+](=O)[O-])c4)o3)S2)cc1. The maximum absolute atomic E-state index is 12.3. The molecule has 7 nitrogen and oxygen atoms in total. The van der Waals surface area contributed by atoms with E-state index in [-0.39, 0.29) is 22.1 Å². The fraction of sp³-hybridized carbons (Fsp3) is 0.136. The monoisotopic (exact) mass is 455 g/mol. The molecule has 0 spiro atoms. The summed E-state index contributed by atoms with van der Waals surface area (Å²) in [5.41, 5.74) is 2.20. The number of nitrogens with zero attached hydrogens (tertiary/aromatic N) is 1. The van der Waals surface area contributed by atoms with Crippen molar-refractivity contribution in [3.05, 3.63) is 86.0 Å². The Balaban J connectivity index is 1.48. The minimum atomic E-state index is -0.542. The lowest BCUT2D eigenvalue weighted by atomic mass is 10.1. The maximum atomic E-state index is 12.3. The predicted molar refractivity (Wildman–Crippen MR) is 123 cm³/mol. The number of nitro groups is 1. The van der Waals surface area contributed by atoms with Crippen molar-refractivity contribution in [3.8, 4) is 11.3 Å². The average molecular weight is 456 g/mol. The first kappa shape index (κ1) is 21.0. The number of carbonyl (C=O) groups excluding carboxylic acids is 1. The third-order valence-electron chi connectivity index (χ3n) is 4.72. The van der Waals surface area contributed by atoms with E-state index in [1.807, 2.05) is 24.3 Å². The van der Waals surface area contributed by atoms with Crippen molar-refractivity contribution in [2.45, 2.75) is 18.8 Å². The van der Waals surface area contributed by atoms with E-state index in [0.717, 1.165) is 12.1 Å². The second-order valence-electron chi connectivity index (χ2n) is 6.80. The fourth-order valence-corrected chi connectivity index (χ4v) is 4.23. The van der Waals surface area contributed by atoms with E-state index in [2.05, 4.69) is 17.6 Å². The Labute approximate surface area is 187 Å². The van der Waals surface area contributed by atoms with Crippen LogP contribution in [0.2, 0.25) is 5.02 Å². The van der Waals surface area contributed by atoms with Crippen molar-refractivity contribution < 1.29 is 14.1 Å². The van der Waals surface area contributed by atoms with Gasteiger partial charge in [-0.3, -0.25) is 14.9 Å². The largest absolute Gasteiger partial charge is 0.457 e. The van der Waals surface area contributed by atoms with Crippen LogP contribution in [0.4, 0.5) is 11.4 Å². The molecule has 1 fully saturated rings. The first-order chi connectivity index (χ1) is 14.9. The summed E-state index contributed by atoms with van der Waals surface area (Å²) in [5.74, 6) is 0.715. The quantitative estimate of drug-likeness (QED) is 0.282. The number of amides is 1. The molecular formula is C22H18ClN3O4S. The number of nitro benzene ring substituents is 1. The van der Waals surface area contributed by atoms with Gasteiger partial charge < -0.3 is 15.1 Å². The van der Waals surface area contributed by atoms with Gasteiger partial charge in [0.2, 0.25) is 0 Å². The smallest absolute Gasteiger partial charge is 0.288 e. The van der Waals surface area contributed by atoms with Gasteiger partial charge in [0.1, 0.15) is 16.5 Å². The highest BCUT2D eigenvalue weighted by Crippen LogP contribution is 2.34. The molecule has 9 heteroatoms. The van der Waals surface area contributed by atoms with Gasteiger partial charge in [0.05, 0.1) is 9.83 Å². The standard InChI is InChI=1S/C22H18ClN3O4S/c1-2-13-3-6-15(7-4-13)24-22-25-21(27)20(31-22)12-16-8-10-19(30-16)14-5-9-17(23)18(11-14)26(28)29/h3-12,22,24H,2H2,1H3,(H,25,27)/b20-12+/t22-/m1/s1. The molecule has 1 aliphatic heterocycles. The Hall–Kier alpha value is -3.23. The molecule has 3 aromatic rings. The topological polar surface area (TPSA) is 97.4 Å². The highest BCUT2D eigenvalue weighted by Gasteiger charge is 2.27. The van der Waals surface area contributed by atoms with Gasteiger partial charge in [-0.1, -0.05) is 42.4 Å². The molecule has 0 saturated carbocycles. The number of hydrogen-bond donors (Lipinski definition) is 2. The number of thioether (sulfide) groups is 1. The molecule has 0 radical (unpaired) electrons. The van der Waals surface area contributed by atoms with Crippen LogP contribution in [0.25, 0.3) is 17.4 Å². The third kappa shape index (κ3) is 4.76. The van der Waals surface area contributed by atoms with E-state index >= 15 is 0 Å². The van der Waals surface area contributed by atoms with Gasteiger partial charge in [-0.25, -0.2) is 0 Å². The molecule has 1 atom stereocenters. The molecular weight excluding hydrogens is 438 g/mol. The second-order valence-corrected chi connectivity index (χ2v) is 8.35. The number of aryl methyl sites for hydroxylation is 1. The molecule has 1 aliphatic rings. The van der Waals surface area contributed by atoms with Gasteiger partial charge in [0.15, 0.2) is 5.50 Å². The van der Waals surface area contributed by atoms with Gasteiger partial charge in [-0.2, -0.15) is 0 Å². The van der Waals surface area contributed by atoms with E-state index in [9.17, 15) is 14.9 Å². The summed E-state index contributed by atoms with van der Waals surface area (Å²) < 4.78 is 5.78. The van der Waals surface area contributed by atoms with Crippen LogP contribution in [0.3, 0.4) is 0 Å². The van der Waals surface area contributed by atoms with Crippen molar-refractivity contribution in [2.75, 3.05) is 5.32 Å². The predicted octanol–water partition coefficient (Wildman–Crippen LogP) is 5.67. The molecule has 0 aliphatic carbocycles. The normalized spacial score (nSPS) is 17.0. The number of hydrogen-bond acceptors (Lipinski definition) is 6. The number of benzene rings is 2. The molecule has 2 N–H and O–H groups in total. The van der Waals surface area contributed by atoms with Crippen LogP contribution in [-0.4, -0.2) is 16.3 Å². The summed E-state index contributed by atoms with van der Waals surface area (Å²) in [6.45, 7) is 2.10. The molecule has 4 rings (SSSR count). The summed E-state index contributed by atoms with van der Waals surface area (Å²) in [6.07, 6.45) is 2.62. The van der Waals surface area contributed by atoms with Crippen LogP contribution in [0.1, 0.15) is 18.2 Å². The molecule has 31 heavy (non-hydrogen) atoms. The molecule has 1 amide bonds. The highest BCUT2D eigenvalue weighted by molar-refractivity contribution is 8.05. The number of halogens is 1. The molecule has 1 saturated heterocycles. The summed E-state index contributed by atoms with van der Waals surface area (Å²) in [7, 11) is 0. The van der Waals surface area contributed by atoms with Crippen molar-refractivity contribution in [1.29, 1.82) is 0 Å². The Morgan fingerprint density at radius 1 is 1.23 bits per heavy atom. The zero-order valence-electron chi connectivity index (χ0n) is 16.4. The van der Waals surface area contributed by atoms with E-state index in [1.54, 1.807) is 24.3 Å². The number of furan rings is 1. The van der Waals surface area contributed by atoms with Crippen LogP contribution in [-0.2, 0) is 11.2 Å². The lowest BCUT2D eigenvalue weighted by Crippen LogP contribution is -2.30. The molecule has 0 unspecified atom stereocenters. The van der Waals surface area contributed by atoms with E-state index in [0.29, 0.717) is 22.0 Å². The van der Waals surface area contributed by atoms with Gasteiger partial charge in [0, 0.05) is 23.4 Å². The number of carbonyl (C=O) groups is 1. The van der Waals surface area contributed by atoms with Gasteiger partial charge in [0.25, 0.3) is 11.6 Å². The van der Waals surface area contributed by atoms with Gasteiger partial charge in [-0.15, -0.1) is 0 Å². The van der Waals surface area contributed by atoms with Crippen molar-refractivity contribution in [2.24, 2.45) is 0 Å². The Morgan fingerprint density at radius 2 is 2.00 bits per heavy atom. The van der Waals surface area contributed by atoms with Crippen LogP contribution in [0.15, 0.2) is 63.9 Å². The van der Waals surface area contributed by atoms with E-state index in [4.69, 9.17) is 16.0 Å². The van der Waals surface area contributed by atoms with Crippen LogP contribution in [0, 0.1) is 10.1 Å². The van der Waals surface area contributed by atoms with Crippen molar-refractivity contribution in [1.82, 2.24) is 5.32 Å². The third-order valence-corrected chi connectivity index (χ3v) is 6.07. The minimum Gasteiger partial charge on any atom is -0.457 e. The maximum Gasteiger partial charge on any atom is 0.288 e. The average Bonchev–Trinajstić information content (AvgIpc) is 3.35. The van der Waals surface area contributed by atoms with E-state index < -0.39 is 4.92 Å². The zero-order valence-corrected chi connectivity index (χ0v) is 18.0. The number of nitrogens with one attached hydrogen (secondary N) is 2. The summed E-state index contributed by atoms with van der Waals surface area (Å²) in [4.78, 5) is 23.4. The van der Waals surface area contributed by atoms with Gasteiger partial charge in [-0.05, 0) is 48.4 Å². The van der Waals surface area contributed by atoms with Crippen molar-refractivity contribution >= 4 is 46.7 Å². The van der Waals surface area contributed by atoms with Crippen LogP contribution >= 0.6 is 23.4 Å². The molecule has 158 valence electrons. The molecule has 1 aromatic heterocycles. The Morgan fingerprint density at radius 3 is 2.71 bits per heavy atom. The lowest BCUT2D eigenvalue weighted by Gasteiger charge is -2.12. The summed E-state index contributed by atoms with van der Waals surface area (Å²) in [5, 5.41) is 17.3. The second kappa shape index (κ2) is 8.87. The van der Waals surface area contributed by atoms with Gasteiger partial charge >= 0.3 is 0 Å². The summed E-state index contributed by atoms with van der Waals surface area (Å²) >= 11 is 7.22. The van der Waals surface area contributed by atoms with Crippen molar-refractivity contribution in [3.63, 3.8) is 0 Å². The Kier molecular flexibility index (Phi) is 6.01.